The van der Waals surface area contributed by atoms with E-state index in [9.17, 15) is 9.18 Å². The van der Waals surface area contributed by atoms with Crippen LogP contribution in [0.3, 0.4) is 0 Å². The SMILES string of the molecule is CC(C)C(CCN)CCC(=O)Nc1ccc(Cl)cc1F. The highest BCUT2D eigenvalue weighted by molar-refractivity contribution is 6.30. The van der Waals surface area contributed by atoms with Crippen LogP contribution in [0.15, 0.2) is 18.2 Å². The van der Waals surface area contributed by atoms with E-state index in [-0.39, 0.29) is 11.6 Å². The van der Waals surface area contributed by atoms with Crippen molar-refractivity contribution in [1.82, 2.24) is 0 Å². The maximum atomic E-state index is 13.5. The Morgan fingerprint density at radius 1 is 1.40 bits per heavy atom. The number of carbonyl (C=O) groups is 1. The van der Waals surface area contributed by atoms with Gasteiger partial charge in [0.05, 0.1) is 5.69 Å². The van der Waals surface area contributed by atoms with Crippen molar-refractivity contribution in [3.05, 3.63) is 29.0 Å². The summed E-state index contributed by atoms with van der Waals surface area (Å²) in [5.74, 6) is 0.196. The Labute approximate surface area is 124 Å². The van der Waals surface area contributed by atoms with Crippen LogP contribution in [-0.2, 0) is 4.79 Å². The number of rotatable bonds is 7. The summed E-state index contributed by atoms with van der Waals surface area (Å²) in [5, 5.41) is 2.88. The molecule has 3 nitrogen and oxygen atoms in total. The monoisotopic (exact) mass is 300 g/mol. The molecule has 1 atom stereocenters. The Hall–Kier alpha value is -1.13. The molecule has 0 saturated carbocycles. The molecule has 0 spiro atoms. The number of amides is 1. The van der Waals surface area contributed by atoms with E-state index in [1.165, 1.54) is 12.1 Å². The van der Waals surface area contributed by atoms with Gasteiger partial charge in [-0.05, 0) is 49.4 Å². The summed E-state index contributed by atoms with van der Waals surface area (Å²) in [7, 11) is 0. The molecule has 20 heavy (non-hydrogen) atoms. The van der Waals surface area contributed by atoms with E-state index >= 15 is 0 Å². The number of anilines is 1. The summed E-state index contributed by atoms with van der Waals surface area (Å²) in [4.78, 5) is 11.8. The summed E-state index contributed by atoms with van der Waals surface area (Å²) in [6.45, 7) is 4.87. The third kappa shape index (κ3) is 5.47. The summed E-state index contributed by atoms with van der Waals surface area (Å²) in [5.41, 5.74) is 5.73. The minimum atomic E-state index is -0.520. The van der Waals surface area contributed by atoms with E-state index in [2.05, 4.69) is 19.2 Å². The fourth-order valence-corrected chi connectivity index (χ4v) is 2.30. The quantitative estimate of drug-likeness (QED) is 0.804. The Bertz CT molecular complexity index is 451. The molecule has 0 aliphatic carbocycles. The van der Waals surface area contributed by atoms with Crippen LogP contribution < -0.4 is 11.1 Å². The van der Waals surface area contributed by atoms with Crippen molar-refractivity contribution in [2.24, 2.45) is 17.6 Å². The number of hydrogen-bond acceptors (Lipinski definition) is 2. The fraction of sp³-hybridized carbons (Fsp3) is 0.533. The van der Waals surface area contributed by atoms with Gasteiger partial charge in [-0.25, -0.2) is 4.39 Å². The first-order valence-electron chi connectivity index (χ1n) is 6.89. The maximum Gasteiger partial charge on any atom is 0.224 e. The van der Waals surface area contributed by atoms with Gasteiger partial charge in [0.15, 0.2) is 0 Å². The van der Waals surface area contributed by atoms with Crippen molar-refractivity contribution in [1.29, 1.82) is 0 Å². The second kappa shape index (κ2) is 8.22. The first-order chi connectivity index (χ1) is 9.43. The Kier molecular flexibility index (Phi) is 6.96. The molecule has 0 radical (unpaired) electrons. The van der Waals surface area contributed by atoms with Crippen molar-refractivity contribution in [3.8, 4) is 0 Å². The van der Waals surface area contributed by atoms with Crippen molar-refractivity contribution in [3.63, 3.8) is 0 Å². The van der Waals surface area contributed by atoms with Crippen LogP contribution in [0.2, 0.25) is 5.02 Å². The molecule has 0 heterocycles. The molecule has 0 fully saturated rings. The summed E-state index contributed by atoms with van der Waals surface area (Å²) < 4.78 is 13.5. The van der Waals surface area contributed by atoms with Gasteiger partial charge in [-0.1, -0.05) is 25.4 Å². The first kappa shape index (κ1) is 16.9. The van der Waals surface area contributed by atoms with Crippen LogP contribution in [0, 0.1) is 17.7 Å². The highest BCUT2D eigenvalue weighted by atomic mass is 35.5. The normalized spacial score (nSPS) is 12.5. The standard InChI is InChI=1S/C15H22ClFN2O/c1-10(2)11(7-8-18)3-6-15(20)19-14-5-4-12(16)9-13(14)17/h4-5,9-11H,3,6-8,18H2,1-2H3,(H,19,20). The van der Waals surface area contributed by atoms with Crippen LogP contribution in [0.5, 0.6) is 0 Å². The second-order valence-corrected chi connectivity index (χ2v) is 5.73. The predicted octanol–water partition coefficient (Wildman–Crippen LogP) is 3.82. The van der Waals surface area contributed by atoms with Crippen molar-refractivity contribution in [2.75, 3.05) is 11.9 Å². The molecule has 0 bridgehead atoms. The Balaban J connectivity index is 2.51. The van der Waals surface area contributed by atoms with Gasteiger partial charge in [0.25, 0.3) is 0 Å². The van der Waals surface area contributed by atoms with E-state index in [1.54, 1.807) is 6.07 Å². The van der Waals surface area contributed by atoms with Crippen LogP contribution in [-0.4, -0.2) is 12.5 Å². The molecule has 3 N–H and O–H groups in total. The lowest BCUT2D eigenvalue weighted by atomic mass is 9.88. The smallest absolute Gasteiger partial charge is 0.224 e. The molecule has 1 aromatic rings. The number of nitrogens with two attached hydrogens (primary N) is 1. The Morgan fingerprint density at radius 2 is 2.10 bits per heavy atom. The molecule has 1 amide bonds. The van der Waals surface area contributed by atoms with Crippen LogP contribution in [0.25, 0.3) is 0 Å². The average Bonchev–Trinajstić information content (AvgIpc) is 2.37. The minimum Gasteiger partial charge on any atom is -0.330 e. The van der Waals surface area contributed by atoms with Crippen molar-refractivity contribution >= 4 is 23.2 Å². The number of benzene rings is 1. The highest BCUT2D eigenvalue weighted by Gasteiger charge is 2.15. The van der Waals surface area contributed by atoms with Crippen molar-refractivity contribution < 1.29 is 9.18 Å². The summed E-state index contributed by atoms with van der Waals surface area (Å²) >= 11 is 5.66. The number of carbonyl (C=O) groups excluding carboxylic acids is 1. The predicted molar refractivity (Wildman–Crippen MR) is 81.3 cm³/mol. The van der Waals surface area contributed by atoms with Crippen LogP contribution >= 0.6 is 11.6 Å². The van der Waals surface area contributed by atoms with E-state index in [4.69, 9.17) is 17.3 Å². The maximum absolute atomic E-state index is 13.5. The lowest BCUT2D eigenvalue weighted by Crippen LogP contribution is -2.18. The van der Waals surface area contributed by atoms with Gasteiger partial charge in [0.2, 0.25) is 5.91 Å². The minimum absolute atomic E-state index is 0.166. The molecule has 0 aromatic heterocycles. The lowest BCUT2D eigenvalue weighted by molar-refractivity contribution is -0.116. The highest BCUT2D eigenvalue weighted by Crippen LogP contribution is 2.22. The van der Waals surface area contributed by atoms with E-state index in [1.807, 2.05) is 0 Å². The van der Waals surface area contributed by atoms with Gasteiger partial charge >= 0.3 is 0 Å². The molecular weight excluding hydrogens is 279 g/mol. The van der Waals surface area contributed by atoms with Crippen LogP contribution in [0.4, 0.5) is 10.1 Å². The molecule has 0 aliphatic heterocycles. The van der Waals surface area contributed by atoms with Crippen molar-refractivity contribution in [2.45, 2.75) is 33.1 Å². The molecule has 112 valence electrons. The molecule has 0 saturated heterocycles. The first-order valence-corrected chi connectivity index (χ1v) is 7.26. The van der Waals surface area contributed by atoms with E-state index < -0.39 is 5.82 Å². The number of nitrogens with one attached hydrogen (secondary N) is 1. The zero-order valence-corrected chi connectivity index (χ0v) is 12.7. The molecule has 1 aromatic carbocycles. The molecule has 1 unspecified atom stereocenters. The van der Waals surface area contributed by atoms with Gasteiger partial charge in [-0.2, -0.15) is 0 Å². The third-order valence-electron chi connectivity index (χ3n) is 3.43. The zero-order chi connectivity index (χ0) is 15.1. The van der Waals surface area contributed by atoms with Gasteiger partial charge in [0.1, 0.15) is 5.82 Å². The van der Waals surface area contributed by atoms with Gasteiger partial charge < -0.3 is 11.1 Å². The fourth-order valence-electron chi connectivity index (χ4n) is 2.15. The zero-order valence-electron chi connectivity index (χ0n) is 12.0. The molecule has 1 rings (SSSR count). The van der Waals surface area contributed by atoms with E-state index in [0.717, 1.165) is 12.8 Å². The molecule has 0 aliphatic rings. The van der Waals surface area contributed by atoms with E-state index in [0.29, 0.717) is 29.8 Å². The topological polar surface area (TPSA) is 55.1 Å². The van der Waals surface area contributed by atoms with Gasteiger partial charge in [-0.3, -0.25) is 4.79 Å². The summed E-state index contributed by atoms with van der Waals surface area (Å²) in [6.07, 6.45) is 2.03. The molecule has 5 heteroatoms. The molecular formula is C15H22ClFN2O. The summed E-state index contributed by atoms with van der Waals surface area (Å²) in [6, 6.07) is 4.20. The number of halogens is 2. The third-order valence-corrected chi connectivity index (χ3v) is 3.66. The van der Waals surface area contributed by atoms with Gasteiger partial charge in [-0.15, -0.1) is 0 Å². The van der Waals surface area contributed by atoms with Crippen LogP contribution in [0.1, 0.15) is 33.1 Å². The second-order valence-electron chi connectivity index (χ2n) is 5.29. The number of hydrogen-bond donors (Lipinski definition) is 2. The van der Waals surface area contributed by atoms with Gasteiger partial charge in [0, 0.05) is 11.4 Å². The lowest BCUT2D eigenvalue weighted by Gasteiger charge is -2.19. The Morgan fingerprint density at radius 3 is 2.65 bits per heavy atom. The average molecular weight is 301 g/mol. The largest absolute Gasteiger partial charge is 0.330 e.